The van der Waals surface area contributed by atoms with Crippen LogP contribution < -0.4 is 10.6 Å². The molecule has 3 heterocycles. The number of likely N-dealkylation sites (tertiary alicyclic amines) is 1. The second-order valence-electron chi connectivity index (χ2n) is 8.89. The standard InChI is InChI=1S/C23H35N5O4.HI/c1-5-30-22(29)28-12-9-17(10-13-28)27-21(24-11-8-18-7-6-14-31-18)26-16-20-25-15-19(32-20)23(2,3)4;/h6-7,14-15,17H,5,8-13,16H2,1-4H3,(H2,24,26,27);1H. The molecule has 2 aromatic heterocycles. The minimum Gasteiger partial charge on any atom is -0.469 e. The number of oxazole rings is 1. The van der Waals surface area contributed by atoms with Gasteiger partial charge in [0.25, 0.3) is 0 Å². The van der Waals surface area contributed by atoms with Gasteiger partial charge in [-0.2, -0.15) is 0 Å². The molecule has 3 rings (SSSR count). The number of nitrogens with zero attached hydrogens (tertiary/aromatic N) is 3. The predicted molar refractivity (Wildman–Crippen MR) is 137 cm³/mol. The van der Waals surface area contributed by atoms with Crippen LogP contribution in [0.1, 0.15) is 57.9 Å². The Hall–Kier alpha value is -2.24. The molecular formula is C23H36IN5O4. The van der Waals surface area contributed by atoms with Gasteiger partial charge in [-0.15, -0.1) is 24.0 Å². The maximum atomic E-state index is 11.9. The lowest BCUT2D eigenvalue weighted by atomic mass is 9.94. The molecule has 0 aromatic carbocycles. The summed E-state index contributed by atoms with van der Waals surface area (Å²) in [6, 6.07) is 4.05. The fraction of sp³-hybridized carbons (Fsp3) is 0.609. The van der Waals surface area contributed by atoms with Gasteiger partial charge in [0.2, 0.25) is 5.89 Å². The number of aliphatic imine (C=N–C) groups is 1. The van der Waals surface area contributed by atoms with Crippen molar-refractivity contribution >= 4 is 36.0 Å². The zero-order valence-electron chi connectivity index (χ0n) is 19.9. The van der Waals surface area contributed by atoms with Gasteiger partial charge in [-0.25, -0.2) is 14.8 Å². The summed E-state index contributed by atoms with van der Waals surface area (Å²) in [5.74, 6) is 3.04. The van der Waals surface area contributed by atoms with Gasteiger partial charge in [0.15, 0.2) is 5.96 Å². The number of guanidine groups is 1. The van der Waals surface area contributed by atoms with E-state index in [9.17, 15) is 4.79 Å². The van der Waals surface area contributed by atoms with E-state index in [0.717, 1.165) is 30.8 Å². The highest BCUT2D eigenvalue weighted by Gasteiger charge is 2.24. The second kappa shape index (κ2) is 12.9. The molecule has 1 amide bonds. The van der Waals surface area contributed by atoms with Gasteiger partial charge in [-0.3, -0.25) is 0 Å². The number of hydrogen-bond donors (Lipinski definition) is 2. The van der Waals surface area contributed by atoms with Gasteiger partial charge in [0.1, 0.15) is 18.1 Å². The van der Waals surface area contributed by atoms with Crippen LogP contribution in [0, 0.1) is 0 Å². The molecule has 0 radical (unpaired) electrons. The molecule has 2 aromatic rings. The SMILES string of the molecule is CCOC(=O)N1CCC(NC(=NCc2ncc(C(C)(C)C)o2)NCCc2ccco2)CC1.I. The molecule has 1 aliphatic rings. The van der Waals surface area contributed by atoms with E-state index in [4.69, 9.17) is 13.6 Å². The molecule has 2 N–H and O–H groups in total. The topological polar surface area (TPSA) is 105 Å². The summed E-state index contributed by atoms with van der Waals surface area (Å²) in [4.78, 5) is 22.7. The highest BCUT2D eigenvalue weighted by atomic mass is 127. The third-order valence-corrected chi connectivity index (χ3v) is 5.27. The van der Waals surface area contributed by atoms with E-state index in [1.54, 1.807) is 17.4 Å². The zero-order chi connectivity index (χ0) is 23.0. The first kappa shape index (κ1) is 27.0. The number of hydrogen-bond acceptors (Lipinski definition) is 6. The van der Waals surface area contributed by atoms with Gasteiger partial charge in [-0.1, -0.05) is 20.8 Å². The van der Waals surface area contributed by atoms with Gasteiger partial charge < -0.3 is 29.1 Å². The fourth-order valence-electron chi connectivity index (χ4n) is 3.40. The maximum Gasteiger partial charge on any atom is 0.409 e. The summed E-state index contributed by atoms with van der Waals surface area (Å²) in [5.41, 5.74) is -0.0930. The monoisotopic (exact) mass is 573 g/mol. The molecule has 0 spiro atoms. The van der Waals surface area contributed by atoms with Crippen LogP contribution in [-0.2, 0) is 23.1 Å². The molecular weight excluding hydrogens is 537 g/mol. The Bertz CT molecular complexity index is 868. The molecule has 33 heavy (non-hydrogen) atoms. The molecule has 9 nitrogen and oxygen atoms in total. The normalized spacial score (nSPS) is 15.2. The molecule has 1 fully saturated rings. The number of piperidine rings is 1. The van der Waals surface area contributed by atoms with Crippen LogP contribution in [0.5, 0.6) is 0 Å². The lowest BCUT2D eigenvalue weighted by Crippen LogP contribution is -2.50. The molecule has 0 aliphatic carbocycles. The summed E-state index contributed by atoms with van der Waals surface area (Å²) in [5, 5.41) is 6.87. The second-order valence-corrected chi connectivity index (χ2v) is 8.89. The van der Waals surface area contributed by atoms with Crippen LogP contribution in [0.4, 0.5) is 4.79 Å². The molecule has 1 aliphatic heterocycles. The summed E-state index contributed by atoms with van der Waals surface area (Å²) >= 11 is 0. The Morgan fingerprint density at radius 3 is 2.70 bits per heavy atom. The summed E-state index contributed by atoms with van der Waals surface area (Å²) in [7, 11) is 0. The average Bonchev–Trinajstić information content (AvgIpc) is 3.44. The number of amides is 1. The Morgan fingerprint density at radius 1 is 1.33 bits per heavy atom. The van der Waals surface area contributed by atoms with E-state index in [0.29, 0.717) is 44.6 Å². The van der Waals surface area contributed by atoms with Crippen molar-refractivity contribution in [2.45, 2.75) is 65.0 Å². The highest BCUT2D eigenvalue weighted by Crippen LogP contribution is 2.22. The fourth-order valence-corrected chi connectivity index (χ4v) is 3.40. The van der Waals surface area contributed by atoms with Crippen LogP contribution >= 0.6 is 24.0 Å². The minimum absolute atomic E-state index is 0. The van der Waals surface area contributed by atoms with Crippen molar-refractivity contribution in [2.24, 2.45) is 4.99 Å². The van der Waals surface area contributed by atoms with Crippen LogP contribution in [0.15, 0.2) is 38.4 Å². The van der Waals surface area contributed by atoms with E-state index in [1.807, 2.05) is 19.1 Å². The number of furan rings is 1. The molecule has 0 unspecified atom stereocenters. The van der Waals surface area contributed by atoms with Crippen LogP contribution in [0.3, 0.4) is 0 Å². The zero-order valence-corrected chi connectivity index (χ0v) is 22.3. The maximum absolute atomic E-state index is 11.9. The first-order valence-electron chi connectivity index (χ1n) is 11.3. The molecule has 0 bridgehead atoms. The van der Waals surface area contributed by atoms with E-state index in [2.05, 4.69) is 41.4 Å². The Kier molecular flexibility index (Phi) is 10.5. The Balaban J connectivity index is 0.00000385. The van der Waals surface area contributed by atoms with E-state index in [1.165, 1.54) is 0 Å². The summed E-state index contributed by atoms with van der Waals surface area (Å²) in [6.07, 6.45) is 5.61. The largest absolute Gasteiger partial charge is 0.469 e. The minimum atomic E-state index is -0.241. The molecule has 0 atom stereocenters. The predicted octanol–water partition coefficient (Wildman–Crippen LogP) is 4.08. The lowest BCUT2D eigenvalue weighted by molar-refractivity contribution is 0.0963. The van der Waals surface area contributed by atoms with Gasteiger partial charge in [0.05, 0.1) is 19.1 Å². The Labute approximate surface area is 212 Å². The number of rotatable bonds is 7. The van der Waals surface area contributed by atoms with Gasteiger partial charge in [0, 0.05) is 37.5 Å². The van der Waals surface area contributed by atoms with Crippen molar-refractivity contribution in [3.8, 4) is 0 Å². The number of ether oxygens (including phenoxy) is 1. The average molecular weight is 573 g/mol. The van der Waals surface area contributed by atoms with Crippen molar-refractivity contribution in [1.29, 1.82) is 0 Å². The number of halogens is 1. The van der Waals surface area contributed by atoms with Crippen LogP contribution in [0.2, 0.25) is 0 Å². The molecule has 0 saturated carbocycles. The quantitative estimate of drug-likeness (QED) is 0.292. The number of nitrogens with one attached hydrogen (secondary N) is 2. The highest BCUT2D eigenvalue weighted by molar-refractivity contribution is 14.0. The van der Waals surface area contributed by atoms with Gasteiger partial charge >= 0.3 is 6.09 Å². The molecule has 1 saturated heterocycles. The third kappa shape index (κ3) is 8.56. The first-order valence-corrected chi connectivity index (χ1v) is 11.3. The number of carbonyl (C=O) groups excluding carboxylic acids is 1. The van der Waals surface area contributed by atoms with E-state index in [-0.39, 0.29) is 41.5 Å². The summed E-state index contributed by atoms with van der Waals surface area (Å²) < 4.78 is 16.4. The molecule has 184 valence electrons. The van der Waals surface area contributed by atoms with Crippen LogP contribution in [0.25, 0.3) is 0 Å². The van der Waals surface area contributed by atoms with Crippen LogP contribution in [-0.4, -0.2) is 54.2 Å². The Morgan fingerprint density at radius 2 is 2.09 bits per heavy atom. The summed E-state index contributed by atoms with van der Waals surface area (Å²) in [6.45, 7) is 10.8. The van der Waals surface area contributed by atoms with Crippen molar-refractivity contribution in [2.75, 3.05) is 26.2 Å². The van der Waals surface area contributed by atoms with E-state index >= 15 is 0 Å². The third-order valence-electron chi connectivity index (χ3n) is 5.27. The number of carbonyl (C=O) groups is 1. The smallest absolute Gasteiger partial charge is 0.409 e. The van der Waals surface area contributed by atoms with Gasteiger partial charge in [-0.05, 0) is 31.9 Å². The van der Waals surface area contributed by atoms with E-state index < -0.39 is 0 Å². The first-order chi connectivity index (χ1) is 15.3. The van der Waals surface area contributed by atoms with Crippen molar-refractivity contribution in [3.05, 3.63) is 42.0 Å². The van der Waals surface area contributed by atoms with Crippen molar-refractivity contribution in [1.82, 2.24) is 20.5 Å². The van der Waals surface area contributed by atoms with Crippen molar-refractivity contribution < 1.29 is 18.4 Å². The number of aromatic nitrogens is 1. The molecule has 10 heteroatoms. The van der Waals surface area contributed by atoms with Crippen molar-refractivity contribution in [3.63, 3.8) is 0 Å². The lowest BCUT2D eigenvalue weighted by Gasteiger charge is -2.32.